The highest BCUT2D eigenvalue weighted by atomic mass is 16.6. The zero-order chi connectivity index (χ0) is 33.0. The molecule has 0 saturated heterocycles. The van der Waals surface area contributed by atoms with Crippen LogP contribution < -0.4 is 11.1 Å². The molecule has 10 nitrogen and oxygen atoms in total. The summed E-state index contributed by atoms with van der Waals surface area (Å²) >= 11 is 0. The first-order valence-corrected chi connectivity index (χ1v) is 14.2. The van der Waals surface area contributed by atoms with Crippen LogP contribution in [0, 0.1) is 11.3 Å². The number of likely N-dealkylation sites (N-methyl/N-ethyl adjacent to an activating group) is 2. The van der Waals surface area contributed by atoms with E-state index in [-0.39, 0.29) is 17.4 Å². The third-order valence-corrected chi connectivity index (χ3v) is 7.27. The first-order chi connectivity index (χ1) is 18.9. The van der Waals surface area contributed by atoms with Gasteiger partial charge in [0.15, 0.2) is 0 Å². The Kier molecular flexibility index (Phi) is 11.8. The predicted octanol–water partition coefficient (Wildman–Crippen LogP) is 4.83. The molecule has 1 aromatic rings. The maximum Gasteiger partial charge on any atom is 0.410 e. The molecule has 0 aliphatic carbocycles. The SMILES string of the molecule is C/C(=C\[C@H](C(C)C)N(C)C(=O)[C@@H](NC(=O)C(N(C)C(=O)OC(C)(C)C)C(C)(C)c1cccc(N)c1)C(C)(C)C)C(=O)O. The van der Waals surface area contributed by atoms with E-state index in [0.717, 1.165) is 5.56 Å². The van der Waals surface area contributed by atoms with Crippen molar-refractivity contribution in [3.05, 3.63) is 41.5 Å². The number of hydrogen-bond donors (Lipinski definition) is 3. The number of aliphatic carboxylic acids is 1. The van der Waals surface area contributed by atoms with Gasteiger partial charge in [0.25, 0.3) is 0 Å². The predicted molar refractivity (Wildman–Crippen MR) is 166 cm³/mol. The van der Waals surface area contributed by atoms with Crippen LogP contribution in [0.4, 0.5) is 10.5 Å². The summed E-state index contributed by atoms with van der Waals surface area (Å²) in [5, 5.41) is 12.4. The molecule has 1 unspecified atom stereocenters. The minimum absolute atomic E-state index is 0.0990. The highest BCUT2D eigenvalue weighted by Crippen LogP contribution is 2.33. The molecule has 10 heteroatoms. The average Bonchev–Trinajstić information content (AvgIpc) is 2.82. The van der Waals surface area contributed by atoms with E-state index in [9.17, 15) is 24.3 Å². The third-order valence-electron chi connectivity index (χ3n) is 7.27. The van der Waals surface area contributed by atoms with Crippen LogP contribution in [0.5, 0.6) is 0 Å². The second kappa shape index (κ2) is 13.6. The van der Waals surface area contributed by atoms with Crippen molar-refractivity contribution in [1.82, 2.24) is 15.1 Å². The van der Waals surface area contributed by atoms with Gasteiger partial charge in [0.05, 0.1) is 6.04 Å². The van der Waals surface area contributed by atoms with E-state index in [2.05, 4.69) is 5.32 Å². The van der Waals surface area contributed by atoms with Crippen LogP contribution in [0.2, 0.25) is 0 Å². The first-order valence-electron chi connectivity index (χ1n) is 14.2. The lowest BCUT2D eigenvalue weighted by Crippen LogP contribution is -2.63. The summed E-state index contributed by atoms with van der Waals surface area (Å²) in [6.07, 6.45) is 0.860. The van der Waals surface area contributed by atoms with Crippen molar-refractivity contribution in [3.63, 3.8) is 0 Å². The fraction of sp³-hybridized carbons (Fsp3) is 0.625. The van der Waals surface area contributed by atoms with Crippen molar-refractivity contribution in [1.29, 1.82) is 0 Å². The summed E-state index contributed by atoms with van der Waals surface area (Å²) in [7, 11) is 3.10. The topological polar surface area (TPSA) is 142 Å². The summed E-state index contributed by atoms with van der Waals surface area (Å²) in [5.41, 5.74) is 4.94. The van der Waals surface area contributed by atoms with Gasteiger partial charge >= 0.3 is 12.1 Å². The van der Waals surface area contributed by atoms with Gasteiger partial charge in [-0.3, -0.25) is 14.5 Å². The Morgan fingerprint density at radius 1 is 0.976 bits per heavy atom. The maximum atomic E-state index is 14.3. The standard InChI is InChI=1S/C32H52N4O6/c1-19(2)23(17-20(3)28(39)40)35(12)27(38)24(30(4,5)6)34-26(37)25(36(13)29(41)42-31(7,8)9)32(10,11)21-15-14-16-22(33)18-21/h14-19,23-25H,33H2,1-13H3,(H,34,37)(H,39,40)/b20-17+/t23-,24-,25?/m1/s1. The normalized spacial score (nSPS) is 15.0. The van der Waals surface area contributed by atoms with Crippen LogP contribution in [0.25, 0.3) is 0 Å². The quantitative estimate of drug-likeness (QED) is 0.263. The fourth-order valence-electron chi connectivity index (χ4n) is 4.82. The van der Waals surface area contributed by atoms with E-state index < -0.39 is 52.5 Å². The number of nitrogens with zero attached hydrogens (tertiary/aromatic N) is 2. The molecule has 0 radical (unpaired) electrons. The van der Waals surface area contributed by atoms with Gasteiger partial charge in [0.1, 0.15) is 17.7 Å². The number of benzene rings is 1. The number of carbonyl (C=O) groups excluding carboxylic acids is 3. The molecule has 0 spiro atoms. The number of nitrogen functional groups attached to an aromatic ring is 1. The Morgan fingerprint density at radius 3 is 1.95 bits per heavy atom. The zero-order valence-corrected chi connectivity index (χ0v) is 27.7. The molecule has 0 heterocycles. The lowest BCUT2D eigenvalue weighted by molar-refractivity contribution is -0.142. The van der Waals surface area contributed by atoms with E-state index >= 15 is 0 Å². The second-order valence-electron chi connectivity index (χ2n) is 14.0. The number of nitrogens with one attached hydrogen (secondary N) is 1. The maximum absolute atomic E-state index is 14.3. The Bertz CT molecular complexity index is 1180. The van der Waals surface area contributed by atoms with Crippen LogP contribution in [0.3, 0.4) is 0 Å². The highest BCUT2D eigenvalue weighted by Gasteiger charge is 2.46. The lowest BCUT2D eigenvalue weighted by atomic mass is 9.76. The minimum Gasteiger partial charge on any atom is -0.478 e. The Balaban J connectivity index is 3.64. The van der Waals surface area contributed by atoms with Gasteiger partial charge in [-0.1, -0.05) is 66.7 Å². The van der Waals surface area contributed by atoms with Crippen molar-refractivity contribution >= 4 is 29.6 Å². The van der Waals surface area contributed by atoms with Crippen LogP contribution in [-0.4, -0.2) is 76.6 Å². The number of nitrogens with two attached hydrogens (primary N) is 1. The van der Waals surface area contributed by atoms with Crippen molar-refractivity contribution in [2.45, 2.75) is 105 Å². The number of rotatable bonds is 10. The van der Waals surface area contributed by atoms with Crippen molar-refractivity contribution < 1.29 is 29.0 Å². The molecule has 0 fully saturated rings. The number of carboxylic acids is 1. The Hall–Kier alpha value is -3.56. The largest absolute Gasteiger partial charge is 0.478 e. The van der Waals surface area contributed by atoms with Gasteiger partial charge in [-0.15, -0.1) is 0 Å². The molecule has 1 rings (SSSR count). The molecule has 4 N–H and O–H groups in total. The van der Waals surface area contributed by atoms with Crippen molar-refractivity contribution in [3.8, 4) is 0 Å². The highest BCUT2D eigenvalue weighted by molar-refractivity contribution is 5.93. The minimum atomic E-state index is -1.09. The lowest BCUT2D eigenvalue weighted by Gasteiger charge is -2.42. The Morgan fingerprint density at radius 2 is 1.52 bits per heavy atom. The number of hydrogen-bond acceptors (Lipinski definition) is 6. The molecular formula is C32H52N4O6. The smallest absolute Gasteiger partial charge is 0.410 e. The van der Waals surface area contributed by atoms with E-state index in [1.54, 1.807) is 52.1 Å². The van der Waals surface area contributed by atoms with Crippen LogP contribution in [-0.2, 0) is 24.5 Å². The molecule has 0 saturated carbocycles. The molecule has 0 aromatic heterocycles. The summed E-state index contributed by atoms with van der Waals surface area (Å²) in [4.78, 5) is 55.8. The van der Waals surface area contributed by atoms with Crippen molar-refractivity contribution in [2.24, 2.45) is 11.3 Å². The van der Waals surface area contributed by atoms with Gasteiger partial charge in [0, 0.05) is 30.8 Å². The third kappa shape index (κ3) is 9.49. The average molecular weight is 589 g/mol. The number of amides is 3. The van der Waals surface area contributed by atoms with E-state index in [4.69, 9.17) is 10.5 Å². The van der Waals surface area contributed by atoms with Gasteiger partial charge in [0.2, 0.25) is 11.8 Å². The molecule has 0 aliphatic rings. The van der Waals surface area contributed by atoms with Gasteiger partial charge in [-0.25, -0.2) is 9.59 Å². The molecular weight excluding hydrogens is 536 g/mol. The van der Waals surface area contributed by atoms with Crippen molar-refractivity contribution in [2.75, 3.05) is 19.8 Å². The fourth-order valence-corrected chi connectivity index (χ4v) is 4.82. The summed E-state index contributed by atoms with van der Waals surface area (Å²) in [5.74, 6) is -2.10. The molecule has 0 aliphatic heterocycles. The second-order valence-corrected chi connectivity index (χ2v) is 14.0. The van der Waals surface area contributed by atoms with E-state index in [1.165, 1.54) is 23.8 Å². The number of ether oxygens (including phenoxy) is 1. The van der Waals surface area contributed by atoms with E-state index in [1.807, 2.05) is 54.5 Å². The zero-order valence-electron chi connectivity index (χ0n) is 27.7. The van der Waals surface area contributed by atoms with Crippen LogP contribution >= 0.6 is 0 Å². The number of carbonyl (C=O) groups is 4. The monoisotopic (exact) mass is 588 g/mol. The molecule has 3 amide bonds. The molecule has 3 atom stereocenters. The molecule has 42 heavy (non-hydrogen) atoms. The molecule has 0 bridgehead atoms. The van der Waals surface area contributed by atoms with Crippen LogP contribution in [0.15, 0.2) is 35.9 Å². The first kappa shape index (κ1) is 36.5. The van der Waals surface area contributed by atoms with E-state index in [0.29, 0.717) is 5.69 Å². The summed E-state index contributed by atoms with van der Waals surface area (Å²) < 4.78 is 5.61. The number of anilines is 1. The van der Waals surface area contributed by atoms with Gasteiger partial charge in [-0.2, -0.15) is 0 Å². The molecule has 1 aromatic carbocycles. The van der Waals surface area contributed by atoms with Gasteiger partial charge < -0.3 is 25.8 Å². The van der Waals surface area contributed by atoms with Crippen LogP contribution in [0.1, 0.15) is 81.7 Å². The molecule has 236 valence electrons. The summed E-state index contributed by atoms with van der Waals surface area (Å²) in [6.45, 7) is 19.7. The van der Waals surface area contributed by atoms with Gasteiger partial charge in [-0.05, 0) is 56.7 Å². The Labute approximate surface area is 251 Å². The number of carboxylic acid groups (broad SMARTS) is 1. The summed E-state index contributed by atoms with van der Waals surface area (Å²) in [6, 6.07) is 4.50.